The van der Waals surface area contributed by atoms with Crippen LogP contribution in [0.4, 0.5) is 0 Å². The van der Waals surface area contributed by atoms with Crippen molar-refractivity contribution in [3.8, 4) is 0 Å². The Bertz CT molecular complexity index is 484. The lowest BCUT2D eigenvalue weighted by Gasteiger charge is -2.06. The van der Waals surface area contributed by atoms with Gasteiger partial charge in [0.1, 0.15) is 0 Å². The van der Waals surface area contributed by atoms with Crippen LogP contribution < -0.4 is 5.32 Å². The molecular formula is C11H10Cl2N2O2. The summed E-state index contributed by atoms with van der Waals surface area (Å²) < 4.78 is 0. The number of carbonyl (C=O) groups is 1. The highest BCUT2D eigenvalue weighted by Gasteiger charge is 2.24. The number of nitrogens with one attached hydrogen (secondary N) is 1. The Morgan fingerprint density at radius 1 is 1.47 bits per heavy atom. The van der Waals surface area contributed by atoms with Crippen LogP contribution in [-0.2, 0) is 0 Å². The molecule has 6 heteroatoms. The highest BCUT2D eigenvalue weighted by atomic mass is 35.5. The normalized spacial score (nSPS) is 15.8. The smallest absolute Gasteiger partial charge is 0.253 e. The maximum Gasteiger partial charge on any atom is 0.253 e. The van der Waals surface area contributed by atoms with Gasteiger partial charge in [-0.1, -0.05) is 34.4 Å². The fourth-order valence-electron chi connectivity index (χ4n) is 1.38. The molecule has 1 aromatic carbocycles. The third kappa shape index (κ3) is 2.90. The Labute approximate surface area is 108 Å². The Morgan fingerprint density at radius 2 is 2.18 bits per heavy atom. The van der Waals surface area contributed by atoms with Crippen LogP contribution in [-0.4, -0.2) is 22.3 Å². The molecule has 0 spiro atoms. The predicted octanol–water partition coefficient (Wildman–Crippen LogP) is 2.61. The van der Waals surface area contributed by atoms with Gasteiger partial charge in [-0.3, -0.25) is 4.79 Å². The molecule has 2 rings (SSSR count). The molecule has 0 saturated heterocycles. The van der Waals surface area contributed by atoms with E-state index in [1.165, 1.54) is 6.07 Å². The average Bonchev–Trinajstić information content (AvgIpc) is 3.12. The molecular weight excluding hydrogens is 263 g/mol. The van der Waals surface area contributed by atoms with Gasteiger partial charge in [-0.2, -0.15) is 0 Å². The first-order valence-corrected chi connectivity index (χ1v) is 5.85. The van der Waals surface area contributed by atoms with Crippen molar-refractivity contribution in [3.05, 3.63) is 34.3 Å². The number of benzene rings is 1. The van der Waals surface area contributed by atoms with Crippen LogP contribution in [0, 0.1) is 0 Å². The maximum absolute atomic E-state index is 11.8. The number of hydrogen-bond donors (Lipinski definition) is 2. The summed E-state index contributed by atoms with van der Waals surface area (Å²) >= 11 is 11.6. The monoisotopic (exact) mass is 272 g/mol. The lowest BCUT2D eigenvalue weighted by molar-refractivity contribution is 0.0951. The first kappa shape index (κ1) is 12.2. The van der Waals surface area contributed by atoms with E-state index in [2.05, 4.69) is 10.5 Å². The van der Waals surface area contributed by atoms with Gasteiger partial charge in [0.2, 0.25) is 0 Å². The van der Waals surface area contributed by atoms with E-state index >= 15 is 0 Å². The van der Waals surface area contributed by atoms with Crippen LogP contribution in [0.25, 0.3) is 0 Å². The van der Waals surface area contributed by atoms with Crippen LogP contribution in [0.15, 0.2) is 23.4 Å². The summed E-state index contributed by atoms with van der Waals surface area (Å²) in [7, 11) is 0. The SMILES string of the molecule is O=C(NC1CC1)c1cc(C(Cl)=NO)ccc1Cl. The van der Waals surface area contributed by atoms with Gasteiger partial charge in [0.15, 0.2) is 5.17 Å². The van der Waals surface area contributed by atoms with Gasteiger partial charge in [-0.05, 0) is 25.0 Å². The van der Waals surface area contributed by atoms with E-state index < -0.39 is 0 Å². The summed E-state index contributed by atoms with van der Waals surface area (Å²) in [5.74, 6) is -0.234. The van der Waals surface area contributed by atoms with Crippen LogP contribution in [0.1, 0.15) is 28.8 Å². The number of rotatable bonds is 3. The minimum absolute atomic E-state index is 0.0814. The van der Waals surface area contributed by atoms with Crippen molar-refractivity contribution in [1.82, 2.24) is 5.32 Å². The zero-order valence-electron chi connectivity index (χ0n) is 8.78. The molecule has 1 aliphatic carbocycles. The molecule has 0 unspecified atom stereocenters. The van der Waals surface area contributed by atoms with Gasteiger partial charge < -0.3 is 10.5 Å². The molecule has 90 valence electrons. The van der Waals surface area contributed by atoms with Gasteiger partial charge in [0, 0.05) is 11.6 Å². The molecule has 0 aliphatic heterocycles. The largest absolute Gasteiger partial charge is 0.410 e. The highest BCUT2D eigenvalue weighted by molar-refractivity contribution is 6.69. The summed E-state index contributed by atoms with van der Waals surface area (Å²) in [5, 5.41) is 14.5. The molecule has 0 aromatic heterocycles. The number of carbonyl (C=O) groups excluding carboxylic acids is 1. The molecule has 1 amide bonds. The van der Waals surface area contributed by atoms with Crippen molar-refractivity contribution in [2.75, 3.05) is 0 Å². The molecule has 2 N–H and O–H groups in total. The molecule has 1 aromatic rings. The van der Waals surface area contributed by atoms with Gasteiger partial charge in [-0.25, -0.2) is 0 Å². The molecule has 1 fully saturated rings. The van der Waals surface area contributed by atoms with E-state index in [-0.39, 0.29) is 17.1 Å². The first-order valence-electron chi connectivity index (χ1n) is 5.10. The molecule has 1 saturated carbocycles. The van der Waals surface area contributed by atoms with E-state index in [0.717, 1.165) is 12.8 Å². The second-order valence-corrected chi connectivity index (χ2v) is 4.60. The quantitative estimate of drug-likeness (QED) is 0.505. The summed E-state index contributed by atoms with van der Waals surface area (Å²) in [6, 6.07) is 4.89. The first-order chi connectivity index (χ1) is 8.11. The second kappa shape index (κ2) is 4.94. The predicted molar refractivity (Wildman–Crippen MR) is 66.1 cm³/mol. The van der Waals surface area contributed by atoms with Crippen molar-refractivity contribution in [1.29, 1.82) is 0 Å². The van der Waals surface area contributed by atoms with E-state index in [1.807, 2.05) is 0 Å². The molecule has 17 heavy (non-hydrogen) atoms. The standard InChI is InChI=1S/C11H10Cl2N2O2/c12-9-4-1-6(10(13)15-17)5-8(9)11(16)14-7-2-3-7/h1,4-5,7,17H,2-3H2,(H,14,16). The van der Waals surface area contributed by atoms with Crippen LogP contribution in [0.3, 0.4) is 0 Å². The summed E-state index contributed by atoms with van der Waals surface area (Å²) in [4.78, 5) is 11.8. The van der Waals surface area contributed by atoms with Gasteiger partial charge >= 0.3 is 0 Å². The van der Waals surface area contributed by atoms with Crippen molar-refractivity contribution in [3.63, 3.8) is 0 Å². The van der Waals surface area contributed by atoms with E-state index in [0.29, 0.717) is 16.1 Å². The zero-order valence-corrected chi connectivity index (χ0v) is 10.3. The van der Waals surface area contributed by atoms with Gasteiger partial charge in [0.05, 0.1) is 10.6 Å². The fourth-order valence-corrected chi connectivity index (χ4v) is 1.70. The van der Waals surface area contributed by atoms with Crippen molar-refractivity contribution >= 4 is 34.3 Å². The minimum Gasteiger partial charge on any atom is -0.410 e. The molecule has 0 radical (unpaired) electrons. The van der Waals surface area contributed by atoms with Crippen LogP contribution in [0.5, 0.6) is 0 Å². The molecule has 0 atom stereocenters. The third-order valence-corrected chi connectivity index (χ3v) is 3.07. The number of hydrogen-bond acceptors (Lipinski definition) is 3. The van der Waals surface area contributed by atoms with Gasteiger partial charge in [0.25, 0.3) is 5.91 Å². The second-order valence-electron chi connectivity index (χ2n) is 3.83. The Morgan fingerprint density at radius 3 is 2.76 bits per heavy atom. The number of oxime groups is 1. The topological polar surface area (TPSA) is 61.7 Å². The lowest BCUT2D eigenvalue weighted by atomic mass is 10.1. The van der Waals surface area contributed by atoms with Crippen molar-refractivity contribution < 1.29 is 10.0 Å². The number of nitrogens with zero attached hydrogens (tertiary/aromatic N) is 1. The Kier molecular flexibility index (Phi) is 3.54. The fraction of sp³-hybridized carbons (Fsp3) is 0.273. The molecule has 0 heterocycles. The molecule has 0 bridgehead atoms. The van der Waals surface area contributed by atoms with Crippen molar-refractivity contribution in [2.24, 2.45) is 5.16 Å². The minimum atomic E-state index is -0.234. The number of halogens is 2. The summed E-state index contributed by atoms with van der Waals surface area (Å²) in [6.07, 6.45) is 2.00. The van der Waals surface area contributed by atoms with E-state index in [9.17, 15) is 4.79 Å². The number of amides is 1. The van der Waals surface area contributed by atoms with Gasteiger partial charge in [-0.15, -0.1) is 0 Å². The third-order valence-electron chi connectivity index (χ3n) is 2.45. The summed E-state index contributed by atoms with van der Waals surface area (Å²) in [6.45, 7) is 0. The maximum atomic E-state index is 11.8. The summed E-state index contributed by atoms with van der Waals surface area (Å²) in [5.41, 5.74) is 0.775. The molecule has 1 aliphatic rings. The molecule has 4 nitrogen and oxygen atoms in total. The average molecular weight is 273 g/mol. The highest BCUT2D eigenvalue weighted by Crippen LogP contribution is 2.23. The zero-order chi connectivity index (χ0) is 12.4. The van der Waals surface area contributed by atoms with Crippen molar-refractivity contribution in [2.45, 2.75) is 18.9 Å². The lowest BCUT2D eigenvalue weighted by Crippen LogP contribution is -2.25. The van der Waals surface area contributed by atoms with Crippen LogP contribution in [0.2, 0.25) is 5.02 Å². The van der Waals surface area contributed by atoms with Crippen LogP contribution >= 0.6 is 23.2 Å². The van der Waals surface area contributed by atoms with E-state index in [1.54, 1.807) is 12.1 Å². The van der Waals surface area contributed by atoms with E-state index in [4.69, 9.17) is 28.4 Å². The Hall–Kier alpha value is -1.26. The Balaban J connectivity index is 2.27.